The normalized spacial score (nSPS) is 11.2. The fraction of sp³-hybridized carbons (Fsp3) is 0.0769. The van der Waals surface area contributed by atoms with Crippen molar-refractivity contribution in [3.05, 3.63) is 47.7 Å². The van der Waals surface area contributed by atoms with Gasteiger partial charge in [-0.05, 0) is 23.8 Å². The lowest BCUT2D eigenvalue weighted by Crippen LogP contribution is -2.30. The van der Waals surface area contributed by atoms with Gasteiger partial charge in [0.05, 0.1) is 11.9 Å². The maximum atomic E-state index is 12.3. The van der Waals surface area contributed by atoms with Crippen molar-refractivity contribution >= 4 is 23.2 Å². The number of anilines is 1. The van der Waals surface area contributed by atoms with E-state index < -0.39 is 12.1 Å². The highest BCUT2D eigenvalue weighted by Crippen LogP contribution is 2.29. The number of alkyl halides is 3. The second-order valence-electron chi connectivity index (χ2n) is 3.88. The lowest BCUT2D eigenvalue weighted by Gasteiger charge is -2.12. The summed E-state index contributed by atoms with van der Waals surface area (Å²) in [6.45, 7) is 0. The van der Waals surface area contributed by atoms with Gasteiger partial charge in [0.2, 0.25) is 0 Å². The van der Waals surface area contributed by atoms with E-state index in [1.54, 1.807) is 29.6 Å². The van der Waals surface area contributed by atoms with E-state index in [1.165, 1.54) is 12.3 Å². The summed E-state index contributed by atoms with van der Waals surface area (Å²) >= 11 is 5.75. The highest BCUT2D eigenvalue weighted by molar-refractivity contribution is 6.30. The van der Waals surface area contributed by atoms with Crippen molar-refractivity contribution < 1.29 is 18.0 Å². The number of aromatic nitrogens is 1. The van der Waals surface area contributed by atoms with E-state index in [9.17, 15) is 18.0 Å². The first-order valence-corrected chi connectivity index (χ1v) is 5.84. The van der Waals surface area contributed by atoms with Crippen LogP contribution in [0.5, 0.6) is 0 Å². The number of benzene rings is 1. The molecule has 0 aliphatic rings. The summed E-state index contributed by atoms with van der Waals surface area (Å²) in [5.74, 6) is -2.04. The first-order valence-electron chi connectivity index (χ1n) is 5.46. The van der Waals surface area contributed by atoms with Gasteiger partial charge in [0, 0.05) is 16.8 Å². The molecule has 104 valence electrons. The Morgan fingerprint density at radius 2 is 1.80 bits per heavy atom. The third-order valence-electron chi connectivity index (χ3n) is 2.48. The summed E-state index contributed by atoms with van der Waals surface area (Å²) in [5.41, 5.74) is 1.03. The van der Waals surface area contributed by atoms with E-state index in [2.05, 4.69) is 4.98 Å². The summed E-state index contributed by atoms with van der Waals surface area (Å²) in [6, 6.07) is 8.00. The Morgan fingerprint density at radius 1 is 1.15 bits per heavy atom. The Bertz CT molecular complexity index is 626. The van der Waals surface area contributed by atoms with E-state index in [0.29, 0.717) is 16.1 Å². The molecule has 20 heavy (non-hydrogen) atoms. The zero-order valence-electron chi connectivity index (χ0n) is 9.91. The van der Waals surface area contributed by atoms with Crippen LogP contribution in [0.1, 0.15) is 0 Å². The average Bonchev–Trinajstić information content (AvgIpc) is 2.39. The molecular formula is C13H8ClF3N2O. The molecule has 0 fully saturated rings. The van der Waals surface area contributed by atoms with E-state index in [0.717, 1.165) is 6.20 Å². The van der Waals surface area contributed by atoms with Crippen LogP contribution in [0.15, 0.2) is 42.7 Å². The van der Waals surface area contributed by atoms with Gasteiger partial charge in [0.1, 0.15) is 0 Å². The van der Waals surface area contributed by atoms with Crippen molar-refractivity contribution in [2.45, 2.75) is 6.18 Å². The highest BCUT2D eigenvalue weighted by atomic mass is 35.5. The van der Waals surface area contributed by atoms with Gasteiger partial charge in [0.15, 0.2) is 0 Å². The molecule has 0 radical (unpaired) electrons. The number of nitrogens with one attached hydrogen (secondary N) is 1. The molecule has 1 N–H and O–H groups in total. The number of hydrogen-bond donors (Lipinski definition) is 1. The monoisotopic (exact) mass is 300 g/mol. The number of carbonyl (C=O) groups is 1. The summed E-state index contributed by atoms with van der Waals surface area (Å²) in [4.78, 5) is 14.7. The van der Waals surface area contributed by atoms with Gasteiger partial charge in [-0.1, -0.05) is 23.7 Å². The molecule has 1 heterocycles. The number of pyridine rings is 1. The maximum Gasteiger partial charge on any atom is 0.471 e. The molecule has 0 aliphatic carbocycles. The molecule has 0 bridgehead atoms. The first-order chi connectivity index (χ1) is 9.38. The Hall–Kier alpha value is -2.08. The number of nitrogens with zero attached hydrogens (tertiary/aromatic N) is 1. The summed E-state index contributed by atoms with van der Waals surface area (Å²) in [6.07, 6.45) is -2.37. The zero-order valence-corrected chi connectivity index (χ0v) is 10.7. The molecule has 0 saturated heterocycles. The fourth-order valence-corrected chi connectivity index (χ4v) is 1.69. The highest BCUT2D eigenvalue weighted by Gasteiger charge is 2.39. The topological polar surface area (TPSA) is 42.0 Å². The maximum absolute atomic E-state index is 12.3. The quantitative estimate of drug-likeness (QED) is 0.914. The van der Waals surface area contributed by atoms with Gasteiger partial charge in [0.25, 0.3) is 0 Å². The predicted octanol–water partition coefficient (Wildman–Crippen LogP) is 3.90. The standard InChI is InChI=1S/C13H8ClF3N2O/c14-9-3-1-8(2-4-9)10-5-6-18-7-11(10)19-12(20)13(15,16)17/h1-7H,(H,19,20). The zero-order chi connectivity index (χ0) is 14.8. The van der Waals surface area contributed by atoms with Crippen molar-refractivity contribution in [3.8, 4) is 11.1 Å². The van der Waals surface area contributed by atoms with Gasteiger partial charge in [-0.15, -0.1) is 0 Å². The minimum absolute atomic E-state index is 0.0165. The summed E-state index contributed by atoms with van der Waals surface area (Å²) in [7, 11) is 0. The van der Waals surface area contributed by atoms with Crippen LogP contribution in [-0.4, -0.2) is 17.1 Å². The van der Waals surface area contributed by atoms with Crippen LogP contribution >= 0.6 is 11.6 Å². The molecule has 2 aromatic rings. The van der Waals surface area contributed by atoms with E-state index in [4.69, 9.17) is 11.6 Å². The molecule has 1 aromatic heterocycles. The molecule has 0 unspecified atom stereocenters. The Balaban J connectivity index is 2.36. The summed E-state index contributed by atoms with van der Waals surface area (Å²) in [5, 5.41) is 2.31. The third kappa shape index (κ3) is 3.27. The lowest BCUT2D eigenvalue weighted by atomic mass is 10.1. The van der Waals surface area contributed by atoms with Crippen molar-refractivity contribution in [3.63, 3.8) is 0 Å². The van der Waals surface area contributed by atoms with Gasteiger partial charge in [-0.2, -0.15) is 13.2 Å². The van der Waals surface area contributed by atoms with Gasteiger partial charge < -0.3 is 5.32 Å². The van der Waals surface area contributed by atoms with Crippen LogP contribution in [0.4, 0.5) is 18.9 Å². The molecule has 0 spiro atoms. The van der Waals surface area contributed by atoms with Crippen LogP contribution in [0.2, 0.25) is 5.02 Å². The van der Waals surface area contributed by atoms with Crippen LogP contribution < -0.4 is 5.32 Å². The fourth-order valence-electron chi connectivity index (χ4n) is 1.57. The second-order valence-corrected chi connectivity index (χ2v) is 4.32. The number of halogens is 4. The van der Waals surface area contributed by atoms with Gasteiger partial charge in [-0.25, -0.2) is 0 Å². The Kier molecular flexibility index (Phi) is 3.94. The van der Waals surface area contributed by atoms with Crippen LogP contribution in [0.3, 0.4) is 0 Å². The average molecular weight is 301 g/mol. The molecular weight excluding hydrogens is 293 g/mol. The molecule has 1 aromatic carbocycles. The molecule has 7 heteroatoms. The third-order valence-corrected chi connectivity index (χ3v) is 2.73. The van der Waals surface area contributed by atoms with E-state index >= 15 is 0 Å². The summed E-state index contributed by atoms with van der Waals surface area (Å²) < 4.78 is 36.8. The molecule has 3 nitrogen and oxygen atoms in total. The molecule has 2 rings (SSSR count). The number of carbonyl (C=O) groups excluding carboxylic acids is 1. The van der Waals surface area contributed by atoms with Crippen LogP contribution in [-0.2, 0) is 4.79 Å². The van der Waals surface area contributed by atoms with Crippen molar-refractivity contribution in [1.29, 1.82) is 0 Å². The van der Waals surface area contributed by atoms with Crippen molar-refractivity contribution in [2.75, 3.05) is 5.32 Å². The number of hydrogen-bond acceptors (Lipinski definition) is 2. The van der Waals surface area contributed by atoms with Crippen LogP contribution in [0, 0.1) is 0 Å². The van der Waals surface area contributed by atoms with Crippen molar-refractivity contribution in [2.24, 2.45) is 0 Å². The molecule has 0 aliphatic heterocycles. The molecule has 0 saturated carbocycles. The minimum Gasteiger partial charge on any atom is -0.316 e. The predicted molar refractivity (Wildman–Crippen MR) is 69.4 cm³/mol. The number of amides is 1. The Morgan fingerprint density at radius 3 is 2.40 bits per heavy atom. The largest absolute Gasteiger partial charge is 0.471 e. The van der Waals surface area contributed by atoms with Crippen molar-refractivity contribution in [1.82, 2.24) is 4.98 Å². The van der Waals surface area contributed by atoms with Crippen LogP contribution in [0.25, 0.3) is 11.1 Å². The first kappa shape index (κ1) is 14.3. The minimum atomic E-state index is -4.95. The molecule has 0 atom stereocenters. The van der Waals surface area contributed by atoms with Gasteiger partial charge in [-0.3, -0.25) is 9.78 Å². The van der Waals surface area contributed by atoms with E-state index in [-0.39, 0.29) is 5.69 Å². The van der Waals surface area contributed by atoms with Gasteiger partial charge >= 0.3 is 12.1 Å². The number of rotatable bonds is 2. The second kappa shape index (κ2) is 5.50. The van der Waals surface area contributed by atoms with E-state index in [1.807, 2.05) is 0 Å². The smallest absolute Gasteiger partial charge is 0.316 e. The lowest BCUT2D eigenvalue weighted by molar-refractivity contribution is -0.167. The SMILES string of the molecule is O=C(Nc1cnccc1-c1ccc(Cl)cc1)C(F)(F)F. The Labute approximate surface area is 117 Å². The molecule has 1 amide bonds.